The molecule has 0 bridgehead atoms. The highest BCUT2D eigenvalue weighted by atomic mass is 15.1. The molecule has 0 aliphatic heterocycles. The number of hydrogen-bond donors (Lipinski definition) is 4. The average molecular weight is 475 g/mol. The standard InChI is InChI=1S/C8H7N.3C6H5N3/c1-2-4-8-6-9-5-7(8)3-1;1-2-7-3-5-4-8-9-6(1)5;1-2-7-4-6-5(1)3-8-9-6;1-2-5-4-8-9-6(5)7-3-1/h1-6,9H;2*1-4H,(H,8,9);1-4H,(H,7,8,9). The van der Waals surface area contributed by atoms with E-state index in [4.69, 9.17) is 0 Å². The molecule has 0 aliphatic carbocycles. The van der Waals surface area contributed by atoms with E-state index in [1.54, 1.807) is 49.6 Å². The minimum absolute atomic E-state index is 0.845. The lowest BCUT2D eigenvalue weighted by molar-refractivity contribution is 1.10. The van der Waals surface area contributed by atoms with Crippen molar-refractivity contribution in [2.24, 2.45) is 0 Å². The molecule has 0 saturated carbocycles. The number of H-pyrrole nitrogens is 4. The van der Waals surface area contributed by atoms with Crippen molar-refractivity contribution < 1.29 is 0 Å². The summed E-state index contributed by atoms with van der Waals surface area (Å²) in [6.07, 6.45) is 18.0. The van der Waals surface area contributed by atoms with Gasteiger partial charge in [-0.3, -0.25) is 25.3 Å². The van der Waals surface area contributed by atoms with E-state index in [0.717, 1.165) is 32.8 Å². The molecule has 36 heavy (non-hydrogen) atoms. The molecular formula is C26H22N10. The van der Waals surface area contributed by atoms with Crippen molar-refractivity contribution in [3.8, 4) is 0 Å². The Morgan fingerprint density at radius 1 is 0.472 bits per heavy atom. The highest BCUT2D eigenvalue weighted by Gasteiger charge is 1.91. The Labute approximate surface area is 204 Å². The van der Waals surface area contributed by atoms with Gasteiger partial charge in [0.2, 0.25) is 0 Å². The van der Waals surface area contributed by atoms with Crippen molar-refractivity contribution in [2.45, 2.75) is 0 Å². The van der Waals surface area contributed by atoms with Gasteiger partial charge in [-0.15, -0.1) is 0 Å². The van der Waals surface area contributed by atoms with Crippen LogP contribution in [0.15, 0.2) is 110 Å². The Morgan fingerprint density at radius 2 is 1.14 bits per heavy atom. The maximum absolute atomic E-state index is 4.02. The Hall–Kier alpha value is -5.38. The summed E-state index contributed by atoms with van der Waals surface area (Å²) in [6.45, 7) is 0. The van der Waals surface area contributed by atoms with Gasteiger partial charge in [0.25, 0.3) is 0 Å². The Bertz CT molecular complexity index is 1390. The first kappa shape index (κ1) is 22.4. The summed E-state index contributed by atoms with van der Waals surface area (Å²) in [5.41, 5.74) is 2.86. The first-order chi connectivity index (χ1) is 17.9. The van der Waals surface area contributed by atoms with Crippen LogP contribution in [0.4, 0.5) is 0 Å². The molecular weight excluding hydrogens is 452 g/mol. The molecule has 0 aliphatic rings. The van der Waals surface area contributed by atoms with Crippen molar-refractivity contribution in [1.82, 2.24) is 50.5 Å². The minimum Gasteiger partial charge on any atom is -0.366 e. The lowest BCUT2D eigenvalue weighted by atomic mass is 10.2. The SMILES string of the molecule is c1cc2[nH]ncc2cn1.c1cc2cn[nH]c2cn1.c1ccc2c[nH]cc2c1.c1cnc2[nH]ncc2c1. The number of fused-ring (bicyclic) bond motifs is 4. The van der Waals surface area contributed by atoms with Crippen LogP contribution in [-0.2, 0) is 0 Å². The molecule has 0 amide bonds. The third-order valence-electron chi connectivity index (χ3n) is 5.17. The number of hydrogen-bond acceptors (Lipinski definition) is 6. The Kier molecular flexibility index (Phi) is 6.95. The Balaban J connectivity index is 0.0000000988. The van der Waals surface area contributed by atoms with Crippen LogP contribution in [0, 0.1) is 0 Å². The second-order valence-corrected chi connectivity index (χ2v) is 7.56. The van der Waals surface area contributed by atoms with Crippen LogP contribution in [0.1, 0.15) is 0 Å². The summed E-state index contributed by atoms with van der Waals surface area (Å²) in [6, 6.07) is 15.9. The predicted octanol–water partition coefficient (Wildman–Crippen LogP) is 5.04. The van der Waals surface area contributed by atoms with Crippen molar-refractivity contribution in [2.75, 3.05) is 0 Å². The number of rotatable bonds is 0. The fourth-order valence-corrected chi connectivity index (χ4v) is 3.34. The molecule has 10 heteroatoms. The number of pyridine rings is 3. The van der Waals surface area contributed by atoms with Gasteiger partial charge in [-0.1, -0.05) is 24.3 Å². The second-order valence-electron chi connectivity index (χ2n) is 7.56. The van der Waals surface area contributed by atoms with E-state index in [0.29, 0.717) is 0 Å². The van der Waals surface area contributed by atoms with Crippen LogP contribution in [0.3, 0.4) is 0 Å². The maximum atomic E-state index is 4.02. The van der Waals surface area contributed by atoms with E-state index in [2.05, 4.69) is 62.7 Å². The van der Waals surface area contributed by atoms with E-state index in [1.165, 1.54) is 10.8 Å². The van der Waals surface area contributed by atoms with Crippen LogP contribution in [-0.4, -0.2) is 50.5 Å². The quantitative estimate of drug-likeness (QED) is 0.243. The summed E-state index contributed by atoms with van der Waals surface area (Å²) in [5.74, 6) is 0. The fraction of sp³-hybridized carbons (Fsp3) is 0. The number of aromatic nitrogens is 10. The summed E-state index contributed by atoms with van der Waals surface area (Å²) in [5, 5.41) is 25.6. The summed E-state index contributed by atoms with van der Waals surface area (Å²) >= 11 is 0. The van der Waals surface area contributed by atoms with Gasteiger partial charge in [0.05, 0.1) is 35.8 Å². The zero-order valence-corrected chi connectivity index (χ0v) is 19.1. The summed E-state index contributed by atoms with van der Waals surface area (Å²) in [4.78, 5) is 14.9. The summed E-state index contributed by atoms with van der Waals surface area (Å²) < 4.78 is 0. The highest BCUT2D eigenvalue weighted by molar-refractivity contribution is 5.81. The molecule has 7 aromatic heterocycles. The van der Waals surface area contributed by atoms with Crippen molar-refractivity contribution >= 4 is 43.6 Å². The van der Waals surface area contributed by atoms with Crippen LogP contribution in [0.2, 0.25) is 0 Å². The number of nitrogens with one attached hydrogen (secondary N) is 4. The van der Waals surface area contributed by atoms with E-state index < -0.39 is 0 Å². The molecule has 0 unspecified atom stereocenters. The monoisotopic (exact) mass is 474 g/mol. The van der Waals surface area contributed by atoms with Crippen LogP contribution in [0.25, 0.3) is 43.6 Å². The van der Waals surface area contributed by atoms with Crippen molar-refractivity contribution in [1.29, 1.82) is 0 Å². The molecule has 0 saturated heterocycles. The first-order valence-corrected chi connectivity index (χ1v) is 11.1. The fourth-order valence-electron chi connectivity index (χ4n) is 3.34. The zero-order valence-electron chi connectivity index (χ0n) is 19.1. The first-order valence-electron chi connectivity index (χ1n) is 11.1. The van der Waals surface area contributed by atoms with Crippen molar-refractivity contribution in [3.63, 3.8) is 0 Å². The van der Waals surface area contributed by atoms with Crippen LogP contribution < -0.4 is 0 Å². The van der Waals surface area contributed by atoms with Crippen LogP contribution in [0.5, 0.6) is 0 Å². The molecule has 8 rings (SSSR count). The maximum Gasteiger partial charge on any atom is 0.155 e. The zero-order chi connectivity index (χ0) is 24.4. The lowest BCUT2D eigenvalue weighted by Crippen LogP contribution is -1.71. The number of nitrogens with zero attached hydrogens (tertiary/aromatic N) is 6. The largest absolute Gasteiger partial charge is 0.366 e. The van der Waals surface area contributed by atoms with Gasteiger partial charge in [0, 0.05) is 53.3 Å². The lowest BCUT2D eigenvalue weighted by Gasteiger charge is -1.81. The molecule has 7 heterocycles. The smallest absolute Gasteiger partial charge is 0.155 e. The van der Waals surface area contributed by atoms with Crippen molar-refractivity contribution in [3.05, 3.63) is 110 Å². The molecule has 0 fully saturated rings. The Morgan fingerprint density at radius 3 is 1.92 bits per heavy atom. The third-order valence-corrected chi connectivity index (χ3v) is 5.17. The van der Waals surface area contributed by atoms with Gasteiger partial charge in [-0.25, -0.2) is 4.98 Å². The van der Waals surface area contributed by atoms with E-state index in [-0.39, 0.29) is 0 Å². The molecule has 0 spiro atoms. The molecule has 176 valence electrons. The van der Waals surface area contributed by atoms with Crippen LogP contribution >= 0.6 is 0 Å². The van der Waals surface area contributed by atoms with Gasteiger partial charge in [-0.2, -0.15) is 15.3 Å². The van der Waals surface area contributed by atoms with Gasteiger partial charge < -0.3 is 4.98 Å². The van der Waals surface area contributed by atoms with Gasteiger partial charge in [0.1, 0.15) is 0 Å². The molecule has 8 aromatic rings. The second kappa shape index (κ2) is 11.2. The molecule has 4 N–H and O–H groups in total. The number of aromatic amines is 4. The highest BCUT2D eigenvalue weighted by Crippen LogP contribution is 2.10. The predicted molar refractivity (Wildman–Crippen MR) is 140 cm³/mol. The minimum atomic E-state index is 0.845. The van der Waals surface area contributed by atoms with E-state index in [9.17, 15) is 0 Å². The normalized spacial score (nSPS) is 10.2. The average Bonchev–Trinajstić information content (AvgIpc) is 3.76. The topological polar surface area (TPSA) is 140 Å². The molecule has 10 nitrogen and oxygen atoms in total. The van der Waals surface area contributed by atoms with E-state index >= 15 is 0 Å². The van der Waals surface area contributed by atoms with Gasteiger partial charge in [0.15, 0.2) is 5.65 Å². The summed E-state index contributed by atoms with van der Waals surface area (Å²) in [7, 11) is 0. The van der Waals surface area contributed by atoms with Gasteiger partial charge in [-0.05, 0) is 35.0 Å². The molecule has 1 aromatic carbocycles. The van der Waals surface area contributed by atoms with E-state index in [1.807, 2.05) is 48.8 Å². The van der Waals surface area contributed by atoms with Gasteiger partial charge >= 0.3 is 0 Å². The third kappa shape index (κ3) is 5.57. The molecule has 0 radical (unpaired) electrons. The molecule has 0 atom stereocenters. The number of benzene rings is 1.